The van der Waals surface area contributed by atoms with Gasteiger partial charge in [-0.05, 0) is 61.7 Å². The molecule has 7 heteroatoms. The summed E-state index contributed by atoms with van der Waals surface area (Å²) in [7, 11) is -3.76. The number of carbonyl (C=O) groups is 1. The van der Waals surface area contributed by atoms with Crippen LogP contribution in [0.15, 0.2) is 41.3 Å². The first-order valence-electron chi connectivity index (χ1n) is 9.74. The number of ether oxygens (including phenoxy) is 1. The molecule has 1 amide bonds. The normalized spacial score (nSPS) is 13.9. The third kappa shape index (κ3) is 4.40. The maximum Gasteiger partial charge on any atom is 0.261 e. The van der Waals surface area contributed by atoms with Crippen molar-refractivity contribution in [3.8, 4) is 5.75 Å². The molecule has 0 saturated heterocycles. The lowest BCUT2D eigenvalue weighted by Gasteiger charge is -2.26. The van der Waals surface area contributed by atoms with Crippen molar-refractivity contribution < 1.29 is 17.9 Å². The number of nitrogens with one attached hydrogen (secondary N) is 1. The molecule has 29 heavy (non-hydrogen) atoms. The average molecular weight is 417 g/mol. The van der Waals surface area contributed by atoms with Gasteiger partial charge >= 0.3 is 0 Å². The van der Waals surface area contributed by atoms with Gasteiger partial charge in [-0.3, -0.25) is 9.52 Å². The molecule has 0 spiro atoms. The minimum atomic E-state index is -3.76. The SMILES string of the molecule is CCOc1ccc(S(=O)(=O)Nc2ccc3c(c2)N(C(=O)C(C)(C)C)CC3)cc1C. The van der Waals surface area contributed by atoms with Crippen LogP contribution >= 0.6 is 0 Å². The Labute approximate surface area is 172 Å². The van der Waals surface area contributed by atoms with E-state index in [4.69, 9.17) is 4.74 Å². The maximum absolute atomic E-state index is 12.9. The highest BCUT2D eigenvalue weighted by molar-refractivity contribution is 7.92. The Balaban J connectivity index is 1.88. The number of hydrogen-bond donors (Lipinski definition) is 1. The van der Waals surface area contributed by atoms with E-state index in [0.29, 0.717) is 24.6 Å². The molecule has 0 atom stereocenters. The number of rotatable bonds is 5. The van der Waals surface area contributed by atoms with Crippen molar-refractivity contribution in [2.24, 2.45) is 5.41 Å². The topological polar surface area (TPSA) is 75.7 Å². The number of carbonyl (C=O) groups excluding carboxylic acids is 1. The Morgan fingerprint density at radius 2 is 1.90 bits per heavy atom. The van der Waals surface area contributed by atoms with Crippen molar-refractivity contribution >= 4 is 27.3 Å². The number of benzene rings is 2. The van der Waals surface area contributed by atoms with Gasteiger partial charge in [0.15, 0.2) is 0 Å². The molecule has 1 heterocycles. The fourth-order valence-electron chi connectivity index (χ4n) is 3.38. The van der Waals surface area contributed by atoms with Crippen LogP contribution in [0.5, 0.6) is 5.75 Å². The Hall–Kier alpha value is -2.54. The van der Waals surface area contributed by atoms with Crippen LogP contribution in [0.25, 0.3) is 0 Å². The standard InChI is InChI=1S/C22H28N2O4S/c1-6-28-20-10-9-18(13-15(20)2)29(26,27)23-17-8-7-16-11-12-24(19(16)14-17)21(25)22(3,4)5/h7-10,13-14,23H,6,11-12H2,1-5H3. The first-order chi connectivity index (χ1) is 13.5. The Bertz CT molecular complexity index is 1040. The van der Waals surface area contributed by atoms with Gasteiger partial charge in [-0.15, -0.1) is 0 Å². The molecule has 6 nitrogen and oxygen atoms in total. The van der Waals surface area contributed by atoms with Crippen molar-refractivity contribution in [1.82, 2.24) is 0 Å². The Morgan fingerprint density at radius 1 is 1.17 bits per heavy atom. The monoisotopic (exact) mass is 416 g/mol. The lowest BCUT2D eigenvalue weighted by atomic mass is 9.94. The van der Waals surface area contributed by atoms with Crippen LogP contribution in [-0.4, -0.2) is 27.5 Å². The number of nitrogens with zero attached hydrogens (tertiary/aromatic N) is 1. The molecule has 0 fully saturated rings. The summed E-state index contributed by atoms with van der Waals surface area (Å²) in [5.74, 6) is 0.693. The van der Waals surface area contributed by atoms with E-state index in [0.717, 1.165) is 23.2 Å². The molecule has 0 unspecified atom stereocenters. The van der Waals surface area contributed by atoms with Gasteiger partial charge < -0.3 is 9.64 Å². The zero-order valence-electron chi connectivity index (χ0n) is 17.6. The van der Waals surface area contributed by atoms with E-state index in [-0.39, 0.29) is 10.8 Å². The molecule has 156 valence electrons. The van der Waals surface area contributed by atoms with E-state index in [1.807, 2.05) is 40.7 Å². The van der Waals surface area contributed by atoms with Gasteiger partial charge in [-0.25, -0.2) is 8.42 Å². The van der Waals surface area contributed by atoms with Gasteiger partial charge in [0.1, 0.15) is 5.75 Å². The van der Waals surface area contributed by atoms with Crippen LogP contribution in [0, 0.1) is 12.3 Å². The smallest absolute Gasteiger partial charge is 0.261 e. The fraction of sp³-hybridized carbons (Fsp3) is 0.409. The minimum absolute atomic E-state index is 0.0263. The van der Waals surface area contributed by atoms with Gasteiger partial charge in [0.05, 0.1) is 17.2 Å². The van der Waals surface area contributed by atoms with Gasteiger partial charge in [-0.2, -0.15) is 0 Å². The summed E-state index contributed by atoms with van der Waals surface area (Å²) in [6, 6.07) is 10.2. The van der Waals surface area contributed by atoms with E-state index in [1.54, 1.807) is 29.2 Å². The third-order valence-corrected chi connectivity index (χ3v) is 6.26. The summed E-state index contributed by atoms with van der Waals surface area (Å²) >= 11 is 0. The minimum Gasteiger partial charge on any atom is -0.494 e. The lowest BCUT2D eigenvalue weighted by molar-refractivity contribution is -0.125. The van der Waals surface area contributed by atoms with Crippen LogP contribution in [0.3, 0.4) is 0 Å². The van der Waals surface area contributed by atoms with Crippen LogP contribution in [-0.2, 0) is 21.2 Å². The summed E-state index contributed by atoms with van der Waals surface area (Å²) in [6.45, 7) is 10.5. The summed E-state index contributed by atoms with van der Waals surface area (Å²) in [4.78, 5) is 14.7. The van der Waals surface area contributed by atoms with Gasteiger partial charge in [0.25, 0.3) is 10.0 Å². The van der Waals surface area contributed by atoms with Crippen molar-refractivity contribution in [3.63, 3.8) is 0 Å². The number of anilines is 2. The second kappa shape index (κ2) is 7.71. The number of aryl methyl sites for hydroxylation is 1. The van der Waals surface area contributed by atoms with Gasteiger partial charge in [0.2, 0.25) is 5.91 Å². The predicted molar refractivity (Wildman–Crippen MR) is 115 cm³/mol. The predicted octanol–water partition coefficient (Wildman–Crippen LogP) is 4.13. The van der Waals surface area contributed by atoms with E-state index >= 15 is 0 Å². The molecule has 0 bridgehead atoms. The number of hydrogen-bond acceptors (Lipinski definition) is 4. The zero-order chi connectivity index (χ0) is 21.4. The molecule has 0 saturated carbocycles. The van der Waals surface area contributed by atoms with E-state index < -0.39 is 15.4 Å². The van der Waals surface area contributed by atoms with Crippen molar-refractivity contribution in [2.45, 2.75) is 45.9 Å². The molecule has 0 aliphatic carbocycles. The molecule has 1 aliphatic rings. The largest absolute Gasteiger partial charge is 0.494 e. The quantitative estimate of drug-likeness (QED) is 0.795. The zero-order valence-corrected chi connectivity index (χ0v) is 18.4. The summed E-state index contributed by atoms with van der Waals surface area (Å²) < 4.78 is 33.8. The second-order valence-corrected chi connectivity index (χ2v) is 9.95. The summed E-state index contributed by atoms with van der Waals surface area (Å²) in [5.41, 5.74) is 2.50. The first-order valence-corrected chi connectivity index (χ1v) is 11.2. The molecule has 1 N–H and O–H groups in total. The highest BCUT2D eigenvalue weighted by atomic mass is 32.2. The Kier molecular flexibility index (Phi) is 5.63. The van der Waals surface area contributed by atoms with Crippen LogP contribution in [0.4, 0.5) is 11.4 Å². The van der Waals surface area contributed by atoms with Crippen LogP contribution < -0.4 is 14.4 Å². The molecule has 0 radical (unpaired) electrons. The molecule has 1 aliphatic heterocycles. The van der Waals surface area contributed by atoms with Gasteiger partial charge in [-0.1, -0.05) is 26.8 Å². The second-order valence-electron chi connectivity index (χ2n) is 8.27. The summed E-state index contributed by atoms with van der Waals surface area (Å²) in [5, 5.41) is 0. The average Bonchev–Trinajstić information content (AvgIpc) is 3.04. The number of fused-ring (bicyclic) bond motifs is 1. The maximum atomic E-state index is 12.9. The van der Waals surface area contributed by atoms with E-state index in [9.17, 15) is 13.2 Å². The van der Waals surface area contributed by atoms with E-state index in [2.05, 4.69) is 4.72 Å². The number of sulfonamides is 1. The molecular formula is C22H28N2O4S. The van der Waals surface area contributed by atoms with Crippen molar-refractivity contribution in [1.29, 1.82) is 0 Å². The molecule has 3 rings (SSSR count). The fourth-order valence-corrected chi connectivity index (χ4v) is 4.51. The molecule has 0 aromatic heterocycles. The first kappa shape index (κ1) is 21.2. The van der Waals surface area contributed by atoms with Crippen LogP contribution in [0.1, 0.15) is 38.8 Å². The third-order valence-electron chi connectivity index (χ3n) is 4.88. The van der Waals surface area contributed by atoms with Crippen molar-refractivity contribution in [3.05, 3.63) is 47.5 Å². The summed E-state index contributed by atoms with van der Waals surface area (Å²) in [6.07, 6.45) is 0.766. The van der Waals surface area contributed by atoms with Crippen LogP contribution in [0.2, 0.25) is 0 Å². The molecular weight excluding hydrogens is 388 g/mol. The Morgan fingerprint density at radius 3 is 2.52 bits per heavy atom. The molecule has 2 aromatic carbocycles. The number of amides is 1. The van der Waals surface area contributed by atoms with E-state index in [1.165, 1.54) is 6.07 Å². The van der Waals surface area contributed by atoms with Crippen molar-refractivity contribution in [2.75, 3.05) is 22.8 Å². The molecule has 2 aromatic rings. The van der Waals surface area contributed by atoms with Gasteiger partial charge in [0, 0.05) is 17.6 Å². The lowest BCUT2D eigenvalue weighted by Crippen LogP contribution is -2.38. The highest BCUT2D eigenvalue weighted by Crippen LogP contribution is 2.34. The highest BCUT2D eigenvalue weighted by Gasteiger charge is 2.32.